The van der Waals surface area contributed by atoms with Crippen LogP contribution in [0.5, 0.6) is 0 Å². The van der Waals surface area contributed by atoms with E-state index in [4.69, 9.17) is 12.2 Å². The maximum absolute atomic E-state index is 9.90. The van der Waals surface area contributed by atoms with E-state index in [0.29, 0.717) is 4.99 Å². The highest BCUT2D eigenvalue weighted by atomic mass is 32.1. The van der Waals surface area contributed by atoms with Crippen LogP contribution in [0.3, 0.4) is 0 Å². The van der Waals surface area contributed by atoms with Crippen molar-refractivity contribution in [3.05, 3.63) is 36.4 Å². The molecule has 0 fully saturated rings. The Balaban J connectivity index is 2.64. The highest BCUT2D eigenvalue weighted by Crippen LogP contribution is 2.04. The van der Waals surface area contributed by atoms with E-state index in [0.717, 1.165) is 5.69 Å². The molecule has 0 bridgehead atoms. The molecule has 3 heteroatoms. The van der Waals surface area contributed by atoms with E-state index < -0.39 is 0 Å². The topological polar surface area (TPSA) is 29.1 Å². The summed E-state index contributed by atoms with van der Waals surface area (Å²) in [4.78, 5) is 10.3. The number of rotatable bonds is 2. The molecule has 0 aliphatic rings. The normalized spacial score (nSPS) is 8.33. The standard InChI is InChI=1S/C9H7NOS/c11-7-6-9(12)10-8-4-2-1-3-5-8/h1-6H,(H,10,12). The molecule has 1 rings (SSSR count). The zero-order valence-electron chi connectivity index (χ0n) is 6.28. The van der Waals surface area contributed by atoms with Crippen molar-refractivity contribution in [2.75, 3.05) is 5.32 Å². The lowest BCUT2D eigenvalue weighted by molar-refractivity contribution is 0.569. The third-order valence-electron chi connectivity index (χ3n) is 1.23. The van der Waals surface area contributed by atoms with Crippen LogP contribution < -0.4 is 5.32 Å². The molecule has 0 amide bonds. The van der Waals surface area contributed by atoms with Gasteiger partial charge in [-0.1, -0.05) is 30.4 Å². The summed E-state index contributed by atoms with van der Waals surface area (Å²) in [5.74, 6) is 1.61. The maximum atomic E-state index is 9.90. The van der Waals surface area contributed by atoms with Crippen LogP contribution in [0.15, 0.2) is 36.4 Å². The van der Waals surface area contributed by atoms with Crippen molar-refractivity contribution in [1.82, 2.24) is 0 Å². The minimum atomic E-state index is 0.371. The molecule has 0 saturated carbocycles. The first-order valence-corrected chi connectivity index (χ1v) is 3.80. The van der Waals surface area contributed by atoms with Crippen molar-refractivity contribution in [2.45, 2.75) is 0 Å². The number of hydrogen-bond donors (Lipinski definition) is 1. The SMILES string of the molecule is O=C=CC(=S)Nc1ccccc1. The second-order valence-corrected chi connectivity index (χ2v) is 2.56. The quantitative estimate of drug-likeness (QED) is 0.424. The molecule has 0 atom stereocenters. The van der Waals surface area contributed by atoms with Gasteiger partial charge in [0.25, 0.3) is 0 Å². The van der Waals surface area contributed by atoms with Gasteiger partial charge in [0.2, 0.25) is 0 Å². The van der Waals surface area contributed by atoms with E-state index in [-0.39, 0.29) is 0 Å². The molecule has 0 aromatic heterocycles. The lowest BCUT2D eigenvalue weighted by atomic mass is 10.3. The van der Waals surface area contributed by atoms with Crippen LogP contribution in [0.1, 0.15) is 0 Å². The van der Waals surface area contributed by atoms with E-state index in [1.807, 2.05) is 30.3 Å². The predicted molar refractivity (Wildman–Crippen MR) is 52.9 cm³/mol. The van der Waals surface area contributed by atoms with Crippen LogP contribution in [0.2, 0.25) is 0 Å². The molecule has 0 saturated heterocycles. The lowest BCUT2D eigenvalue weighted by Gasteiger charge is -2.00. The van der Waals surface area contributed by atoms with Crippen molar-refractivity contribution in [3.8, 4) is 0 Å². The minimum Gasteiger partial charge on any atom is -0.346 e. The van der Waals surface area contributed by atoms with Crippen molar-refractivity contribution in [2.24, 2.45) is 0 Å². The van der Waals surface area contributed by atoms with Gasteiger partial charge in [0.1, 0.15) is 10.9 Å². The van der Waals surface area contributed by atoms with Gasteiger partial charge >= 0.3 is 0 Å². The fraction of sp³-hybridized carbons (Fsp3) is 0. The van der Waals surface area contributed by atoms with Gasteiger partial charge < -0.3 is 5.32 Å². The molecular formula is C9H7NOS. The summed E-state index contributed by atoms with van der Waals surface area (Å²) in [5, 5.41) is 2.86. The zero-order valence-corrected chi connectivity index (χ0v) is 7.10. The molecule has 60 valence electrons. The lowest BCUT2D eigenvalue weighted by Crippen LogP contribution is -2.04. The largest absolute Gasteiger partial charge is 0.346 e. The zero-order chi connectivity index (χ0) is 8.81. The first-order chi connectivity index (χ1) is 5.83. The van der Waals surface area contributed by atoms with E-state index >= 15 is 0 Å². The van der Waals surface area contributed by atoms with Gasteiger partial charge in [-0.2, -0.15) is 0 Å². The number of para-hydroxylation sites is 1. The van der Waals surface area contributed by atoms with Gasteiger partial charge in [-0.15, -0.1) is 0 Å². The van der Waals surface area contributed by atoms with Crippen LogP contribution >= 0.6 is 12.2 Å². The Kier molecular flexibility index (Phi) is 3.20. The number of thiocarbonyl (C=S) groups is 1. The minimum absolute atomic E-state index is 0.371. The molecule has 12 heavy (non-hydrogen) atoms. The Morgan fingerprint density at radius 2 is 2.08 bits per heavy atom. The Morgan fingerprint density at radius 3 is 2.67 bits per heavy atom. The first-order valence-electron chi connectivity index (χ1n) is 3.40. The van der Waals surface area contributed by atoms with Crippen LogP contribution in [-0.4, -0.2) is 10.9 Å². The van der Waals surface area contributed by atoms with Crippen LogP contribution in [0.4, 0.5) is 5.69 Å². The predicted octanol–water partition coefficient (Wildman–Crippen LogP) is 1.81. The van der Waals surface area contributed by atoms with E-state index in [9.17, 15) is 4.79 Å². The molecule has 0 unspecified atom stereocenters. The second-order valence-electron chi connectivity index (χ2n) is 2.12. The molecule has 0 aliphatic carbocycles. The molecule has 0 heterocycles. The summed E-state index contributed by atoms with van der Waals surface area (Å²) < 4.78 is 0. The molecule has 1 aromatic carbocycles. The fourth-order valence-corrected chi connectivity index (χ4v) is 0.919. The van der Waals surface area contributed by atoms with Gasteiger partial charge in [0.05, 0.1) is 6.08 Å². The Labute approximate surface area is 75.9 Å². The van der Waals surface area contributed by atoms with Gasteiger partial charge in [0, 0.05) is 5.69 Å². The molecule has 2 nitrogen and oxygen atoms in total. The van der Waals surface area contributed by atoms with Crippen LogP contribution in [0, 0.1) is 0 Å². The van der Waals surface area contributed by atoms with Gasteiger partial charge in [-0.3, -0.25) is 0 Å². The third kappa shape index (κ3) is 2.66. The number of hydrogen-bond acceptors (Lipinski definition) is 2. The summed E-state index contributed by atoms with van der Waals surface area (Å²) in [5.41, 5.74) is 0.869. The second kappa shape index (κ2) is 4.44. The summed E-state index contributed by atoms with van der Waals surface area (Å²) in [7, 11) is 0. The van der Waals surface area contributed by atoms with E-state index in [2.05, 4.69) is 5.32 Å². The van der Waals surface area contributed by atoms with E-state index in [1.165, 1.54) is 6.08 Å². The third-order valence-corrected chi connectivity index (χ3v) is 1.45. The van der Waals surface area contributed by atoms with Crippen LogP contribution in [0.25, 0.3) is 0 Å². The maximum Gasteiger partial charge on any atom is 0.127 e. The van der Waals surface area contributed by atoms with Gasteiger partial charge in [0.15, 0.2) is 0 Å². The summed E-state index contributed by atoms with van der Waals surface area (Å²) in [6.07, 6.45) is 1.18. The molecule has 0 aliphatic heterocycles. The average molecular weight is 177 g/mol. The number of anilines is 1. The molecule has 1 aromatic rings. The number of carbonyl (C=O) groups excluding carboxylic acids is 1. The summed E-state index contributed by atoms with van der Waals surface area (Å²) >= 11 is 4.81. The highest BCUT2D eigenvalue weighted by Gasteiger charge is 1.90. The average Bonchev–Trinajstić information content (AvgIpc) is 2.06. The summed E-state index contributed by atoms with van der Waals surface area (Å²) in [6.45, 7) is 0. The Hall–Kier alpha value is -1.44. The van der Waals surface area contributed by atoms with Gasteiger partial charge in [-0.25, -0.2) is 4.79 Å². The van der Waals surface area contributed by atoms with Gasteiger partial charge in [-0.05, 0) is 12.1 Å². The molecule has 1 N–H and O–H groups in total. The molecule has 0 radical (unpaired) electrons. The first kappa shape index (κ1) is 8.65. The van der Waals surface area contributed by atoms with Crippen LogP contribution in [-0.2, 0) is 4.79 Å². The van der Waals surface area contributed by atoms with Crippen molar-refractivity contribution in [1.29, 1.82) is 0 Å². The van der Waals surface area contributed by atoms with Crippen molar-refractivity contribution in [3.63, 3.8) is 0 Å². The Morgan fingerprint density at radius 1 is 1.42 bits per heavy atom. The molecule has 0 spiro atoms. The number of benzene rings is 1. The van der Waals surface area contributed by atoms with Crippen molar-refractivity contribution >= 4 is 28.8 Å². The molecular weight excluding hydrogens is 170 g/mol. The summed E-state index contributed by atoms with van der Waals surface area (Å²) in [6, 6.07) is 9.41. The number of nitrogens with one attached hydrogen (secondary N) is 1. The monoisotopic (exact) mass is 177 g/mol. The fourth-order valence-electron chi connectivity index (χ4n) is 0.753. The Bertz CT molecular complexity index is 315. The highest BCUT2D eigenvalue weighted by molar-refractivity contribution is 7.81. The van der Waals surface area contributed by atoms with Crippen molar-refractivity contribution < 1.29 is 4.79 Å². The smallest absolute Gasteiger partial charge is 0.127 e. The van der Waals surface area contributed by atoms with E-state index in [1.54, 1.807) is 5.94 Å².